The molecule has 0 atom stereocenters. The van der Waals surface area contributed by atoms with Crippen LogP contribution in [-0.4, -0.2) is 77.1 Å². The molecular formula is C13H25N3O3. The number of carbonyl (C=O) groups is 2. The van der Waals surface area contributed by atoms with Crippen molar-refractivity contribution in [2.24, 2.45) is 0 Å². The van der Waals surface area contributed by atoms with Crippen LogP contribution in [-0.2, 0) is 4.79 Å². The summed E-state index contributed by atoms with van der Waals surface area (Å²) in [5.41, 5.74) is -0.0744. The lowest BCUT2D eigenvalue weighted by atomic mass is 10.00. The van der Waals surface area contributed by atoms with E-state index in [4.69, 9.17) is 5.11 Å². The molecule has 0 unspecified atom stereocenters. The van der Waals surface area contributed by atoms with E-state index >= 15 is 0 Å². The van der Waals surface area contributed by atoms with Gasteiger partial charge in [-0.15, -0.1) is 0 Å². The van der Waals surface area contributed by atoms with Crippen LogP contribution in [0.25, 0.3) is 0 Å². The zero-order valence-electron chi connectivity index (χ0n) is 12.3. The lowest BCUT2D eigenvalue weighted by molar-refractivity contribution is -0.137. The van der Waals surface area contributed by atoms with Crippen molar-refractivity contribution in [2.45, 2.75) is 32.7 Å². The second kappa shape index (κ2) is 6.23. The summed E-state index contributed by atoms with van der Waals surface area (Å²) >= 11 is 0. The zero-order chi connectivity index (χ0) is 14.6. The monoisotopic (exact) mass is 271 g/mol. The first-order valence-electron chi connectivity index (χ1n) is 6.75. The molecule has 0 radical (unpaired) electrons. The van der Waals surface area contributed by atoms with Crippen LogP contribution in [0, 0.1) is 0 Å². The van der Waals surface area contributed by atoms with E-state index in [1.54, 1.807) is 4.90 Å². The van der Waals surface area contributed by atoms with E-state index in [0.29, 0.717) is 19.6 Å². The average molecular weight is 271 g/mol. The van der Waals surface area contributed by atoms with E-state index in [1.807, 2.05) is 14.0 Å². The summed E-state index contributed by atoms with van der Waals surface area (Å²) in [6.45, 7) is 8.47. The number of likely N-dealkylation sites (N-methyl/N-ethyl adjacent to an activating group) is 1. The van der Waals surface area contributed by atoms with E-state index in [1.165, 1.54) is 4.90 Å². The lowest BCUT2D eigenvalue weighted by Gasteiger charge is -2.46. The quantitative estimate of drug-likeness (QED) is 0.826. The van der Waals surface area contributed by atoms with Gasteiger partial charge in [0.15, 0.2) is 0 Å². The molecule has 0 spiro atoms. The summed E-state index contributed by atoms with van der Waals surface area (Å²) in [6, 6.07) is -0.162. The Balaban J connectivity index is 2.71. The molecule has 110 valence electrons. The molecule has 1 aliphatic rings. The fraction of sp³-hybridized carbons (Fsp3) is 0.846. The second-order valence-corrected chi connectivity index (χ2v) is 5.75. The third-order valence-electron chi connectivity index (χ3n) is 3.68. The van der Waals surface area contributed by atoms with Gasteiger partial charge in [0.05, 0.1) is 0 Å². The lowest BCUT2D eigenvalue weighted by Crippen LogP contribution is -2.61. The molecule has 0 aromatic heterocycles. The van der Waals surface area contributed by atoms with Crippen molar-refractivity contribution >= 4 is 12.0 Å². The highest BCUT2D eigenvalue weighted by molar-refractivity contribution is 5.80. The van der Waals surface area contributed by atoms with Crippen LogP contribution < -0.4 is 0 Å². The fourth-order valence-corrected chi connectivity index (χ4v) is 2.28. The minimum atomic E-state index is -0.963. The summed E-state index contributed by atoms with van der Waals surface area (Å²) in [7, 11) is 2.04. The van der Waals surface area contributed by atoms with E-state index in [-0.39, 0.29) is 18.1 Å². The van der Waals surface area contributed by atoms with Gasteiger partial charge < -0.3 is 14.9 Å². The number of carboxylic acids is 1. The molecule has 0 aliphatic carbocycles. The number of rotatable bonds is 4. The Bertz CT molecular complexity index is 344. The first kappa shape index (κ1) is 15.8. The van der Waals surface area contributed by atoms with Gasteiger partial charge in [0.2, 0.25) is 0 Å². The van der Waals surface area contributed by atoms with Crippen LogP contribution >= 0.6 is 0 Å². The molecule has 0 saturated carbocycles. The van der Waals surface area contributed by atoms with Crippen molar-refractivity contribution in [3.8, 4) is 0 Å². The van der Waals surface area contributed by atoms with Crippen LogP contribution in [0.3, 0.4) is 0 Å². The Kier molecular flexibility index (Phi) is 5.17. The predicted octanol–water partition coefficient (Wildman–Crippen LogP) is 0.929. The third kappa shape index (κ3) is 4.09. The van der Waals surface area contributed by atoms with Crippen LogP contribution in [0.2, 0.25) is 0 Å². The van der Waals surface area contributed by atoms with Gasteiger partial charge in [-0.05, 0) is 27.3 Å². The Morgan fingerprint density at radius 1 is 1.32 bits per heavy atom. The summed E-state index contributed by atoms with van der Waals surface area (Å²) in [5.74, 6) is -0.963. The van der Waals surface area contributed by atoms with E-state index in [9.17, 15) is 9.59 Å². The molecule has 6 nitrogen and oxygen atoms in total. The number of carboxylic acid groups (broad SMARTS) is 1. The molecule has 0 aromatic carbocycles. The standard InChI is InChI=1S/C13H25N3O3/c1-5-6-15(9-11(17)18)12(19)16-8-7-14(4)13(2,3)10-16/h5-10H2,1-4H3,(H,17,18). The zero-order valence-corrected chi connectivity index (χ0v) is 12.3. The van der Waals surface area contributed by atoms with Crippen molar-refractivity contribution in [1.82, 2.24) is 14.7 Å². The Hall–Kier alpha value is -1.30. The molecule has 0 bridgehead atoms. The Labute approximate surface area is 115 Å². The van der Waals surface area contributed by atoms with Crippen LogP contribution in [0.5, 0.6) is 0 Å². The fourth-order valence-electron chi connectivity index (χ4n) is 2.28. The first-order chi connectivity index (χ1) is 8.77. The maximum atomic E-state index is 12.4. The highest BCUT2D eigenvalue weighted by atomic mass is 16.4. The predicted molar refractivity (Wildman–Crippen MR) is 73.2 cm³/mol. The number of nitrogens with zero attached hydrogens (tertiary/aromatic N) is 3. The number of hydrogen-bond donors (Lipinski definition) is 1. The van der Waals surface area contributed by atoms with Gasteiger partial charge in [-0.3, -0.25) is 9.69 Å². The van der Waals surface area contributed by atoms with Gasteiger partial charge in [-0.2, -0.15) is 0 Å². The van der Waals surface area contributed by atoms with Gasteiger partial charge in [0.25, 0.3) is 0 Å². The number of urea groups is 1. The SMILES string of the molecule is CCCN(CC(=O)O)C(=O)N1CCN(C)C(C)(C)C1. The number of carbonyl (C=O) groups excluding carboxylic acids is 1. The van der Waals surface area contributed by atoms with Gasteiger partial charge in [-0.25, -0.2) is 4.79 Å². The Morgan fingerprint density at radius 2 is 1.95 bits per heavy atom. The summed E-state index contributed by atoms with van der Waals surface area (Å²) < 4.78 is 0. The van der Waals surface area contributed by atoms with Crippen LogP contribution in [0.15, 0.2) is 0 Å². The van der Waals surface area contributed by atoms with Gasteiger partial charge >= 0.3 is 12.0 Å². The highest BCUT2D eigenvalue weighted by Crippen LogP contribution is 2.19. The first-order valence-corrected chi connectivity index (χ1v) is 6.75. The van der Waals surface area contributed by atoms with E-state index < -0.39 is 5.97 Å². The highest BCUT2D eigenvalue weighted by Gasteiger charge is 2.34. The summed E-state index contributed by atoms with van der Waals surface area (Å²) in [6.07, 6.45) is 0.760. The molecular weight excluding hydrogens is 246 g/mol. The topological polar surface area (TPSA) is 64.1 Å². The summed E-state index contributed by atoms with van der Waals surface area (Å²) in [4.78, 5) is 28.6. The maximum absolute atomic E-state index is 12.4. The molecule has 19 heavy (non-hydrogen) atoms. The molecule has 0 aromatic rings. The van der Waals surface area contributed by atoms with Crippen molar-refractivity contribution in [3.63, 3.8) is 0 Å². The van der Waals surface area contributed by atoms with Gasteiger partial charge in [-0.1, -0.05) is 6.92 Å². The second-order valence-electron chi connectivity index (χ2n) is 5.75. The molecule has 1 N–H and O–H groups in total. The molecule has 2 amide bonds. The van der Waals surface area contributed by atoms with Crippen molar-refractivity contribution in [3.05, 3.63) is 0 Å². The van der Waals surface area contributed by atoms with Crippen LogP contribution in [0.4, 0.5) is 4.79 Å². The minimum Gasteiger partial charge on any atom is -0.480 e. The van der Waals surface area contributed by atoms with E-state index in [0.717, 1.165) is 13.0 Å². The molecule has 1 heterocycles. The maximum Gasteiger partial charge on any atom is 0.323 e. The largest absolute Gasteiger partial charge is 0.480 e. The molecule has 1 fully saturated rings. The summed E-state index contributed by atoms with van der Waals surface area (Å²) in [5, 5.41) is 8.88. The number of amides is 2. The van der Waals surface area contributed by atoms with E-state index in [2.05, 4.69) is 18.7 Å². The number of hydrogen-bond acceptors (Lipinski definition) is 3. The van der Waals surface area contributed by atoms with Crippen LogP contribution in [0.1, 0.15) is 27.2 Å². The third-order valence-corrected chi connectivity index (χ3v) is 3.68. The van der Waals surface area contributed by atoms with Gasteiger partial charge in [0.1, 0.15) is 6.54 Å². The van der Waals surface area contributed by atoms with Crippen molar-refractivity contribution < 1.29 is 14.7 Å². The normalized spacial score (nSPS) is 19.3. The molecule has 1 saturated heterocycles. The smallest absolute Gasteiger partial charge is 0.323 e. The Morgan fingerprint density at radius 3 is 2.42 bits per heavy atom. The van der Waals surface area contributed by atoms with Crippen molar-refractivity contribution in [2.75, 3.05) is 39.8 Å². The van der Waals surface area contributed by atoms with Gasteiger partial charge in [0, 0.05) is 31.7 Å². The minimum absolute atomic E-state index is 0.0744. The average Bonchev–Trinajstić information content (AvgIpc) is 2.30. The van der Waals surface area contributed by atoms with Crippen molar-refractivity contribution in [1.29, 1.82) is 0 Å². The number of aliphatic carboxylic acids is 1. The molecule has 1 aliphatic heterocycles. The molecule has 6 heteroatoms. The number of piperazine rings is 1. The molecule has 1 rings (SSSR count).